The zero-order chi connectivity index (χ0) is 11.1. The molecule has 1 aromatic carbocycles. The highest BCUT2D eigenvalue weighted by atomic mass is 35.5. The number of nitrogens with one attached hydrogen (secondary N) is 1. The molecule has 0 radical (unpaired) electrons. The van der Waals surface area contributed by atoms with Gasteiger partial charge in [0.25, 0.3) is 0 Å². The van der Waals surface area contributed by atoms with Gasteiger partial charge < -0.3 is 15.8 Å². The van der Waals surface area contributed by atoms with Crippen LogP contribution in [0.5, 0.6) is 0 Å². The van der Waals surface area contributed by atoms with Crippen LogP contribution in [0.1, 0.15) is 24.4 Å². The minimum atomic E-state index is -0.392. The van der Waals surface area contributed by atoms with Crippen LogP contribution in [0.3, 0.4) is 0 Å². The van der Waals surface area contributed by atoms with E-state index in [1.165, 1.54) is 0 Å². The van der Waals surface area contributed by atoms with Gasteiger partial charge in [0.1, 0.15) is 0 Å². The second-order valence-electron chi connectivity index (χ2n) is 4.68. The van der Waals surface area contributed by atoms with Gasteiger partial charge in [-0.05, 0) is 47.9 Å². The molecule has 1 fully saturated rings. The molecule has 3 nitrogen and oxygen atoms in total. The molecule has 1 saturated carbocycles. The van der Waals surface area contributed by atoms with Gasteiger partial charge in [0.2, 0.25) is 0 Å². The normalized spacial score (nSPS) is 18.7. The lowest BCUT2D eigenvalue weighted by molar-refractivity contribution is 0.122. The Morgan fingerprint density at radius 1 is 1.29 bits per heavy atom. The minimum absolute atomic E-state index is 0. The van der Waals surface area contributed by atoms with Gasteiger partial charge in [0, 0.05) is 11.7 Å². The van der Waals surface area contributed by atoms with Crippen molar-refractivity contribution in [1.82, 2.24) is 4.98 Å². The van der Waals surface area contributed by atoms with Crippen LogP contribution in [0.15, 0.2) is 30.5 Å². The van der Waals surface area contributed by atoms with Gasteiger partial charge in [-0.1, -0.05) is 6.07 Å². The number of aromatic amines is 1. The first-order chi connectivity index (χ1) is 7.75. The molecule has 17 heavy (non-hydrogen) atoms. The molecule has 4 N–H and O–H groups in total. The standard InChI is InChI=1S/C13H16N2O.ClH/c14-12(13(16)8-1-2-8)10-3-4-11-9(7-10)5-6-15-11;/h3-8,12-13,15-16H,1-2,14H2;1H/t12-,13+;/m0./s1. The second-order valence-corrected chi connectivity index (χ2v) is 4.68. The fourth-order valence-corrected chi connectivity index (χ4v) is 2.21. The number of nitrogens with two attached hydrogens (primary N) is 1. The highest BCUT2D eigenvalue weighted by molar-refractivity contribution is 5.85. The molecule has 0 aliphatic heterocycles. The second kappa shape index (κ2) is 4.69. The topological polar surface area (TPSA) is 62.0 Å². The molecule has 0 unspecified atom stereocenters. The molecule has 3 rings (SSSR count). The highest BCUT2D eigenvalue weighted by Crippen LogP contribution is 2.37. The molecule has 0 spiro atoms. The summed E-state index contributed by atoms with van der Waals surface area (Å²) in [5.41, 5.74) is 8.21. The SMILES string of the molecule is Cl.N[C@@H](c1ccc2[nH]ccc2c1)[C@H](O)C1CC1. The van der Waals surface area contributed by atoms with Crippen LogP contribution < -0.4 is 5.73 Å². The molecular weight excluding hydrogens is 236 g/mol. The maximum absolute atomic E-state index is 10.0. The van der Waals surface area contributed by atoms with Crippen molar-refractivity contribution in [2.75, 3.05) is 0 Å². The zero-order valence-electron chi connectivity index (χ0n) is 9.47. The van der Waals surface area contributed by atoms with Gasteiger partial charge in [-0.25, -0.2) is 0 Å². The molecule has 0 saturated heterocycles. The van der Waals surface area contributed by atoms with Crippen LogP contribution in [-0.4, -0.2) is 16.2 Å². The Bertz CT molecular complexity index is 507. The fraction of sp³-hybridized carbons (Fsp3) is 0.385. The van der Waals surface area contributed by atoms with Crippen molar-refractivity contribution < 1.29 is 5.11 Å². The van der Waals surface area contributed by atoms with E-state index in [1.54, 1.807) is 0 Å². The molecular formula is C13H17ClN2O. The third kappa shape index (κ3) is 2.32. The number of H-pyrrole nitrogens is 1. The predicted octanol–water partition coefficient (Wildman–Crippen LogP) is 2.36. The van der Waals surface area contributed by atoms with Crippen LogP contribution >= 0.6 is 12.4 Å². The van der Waals surface area contributed by atoms with Crippen LogP contribution in [-0.2, 0) is 0 Å². The molecule has 1 aliphatic carbocycles. The summed E-state index contributed by atoms with van der Waals surface area (Å²) in [5.74, 6) is 0.414. The van der Waals surface area contributed by atoms with E-state index in [0.29, 0.717) is 5.92 Å². The zero-order valence-corrected chi connectivity index (χ0v) is 10.3. The Hall–Kier alpha value is -1.03. The molecule has 0 bridgehead atoms. The van der Waals surface area contributed by atoms with Gasteiger partial charge in [0.15, 0.2) is 0 Å². The van der Waals surface area contributed by atoms with E-state index in [1.807, 2.05) is 24.4 Å². The third-order valence-electron chi connectivity index (χ3n) is 3.44. The summed E-state index contributed by atoms with van der Waals surface area (Å²) in [6.45, 7) is 0. The summed E-state index contributed by atoms with van der Waals surface area (Å²) < 4.78 is 0. The first kappa shape index (κ1) is 12.4. The lowest BCUT2D eigenvalue weighted by Gasteiger charge is -2.18. The van der Waals surface area contributed by atoms with Crippen LogP contribution in [0.2, 0.25) is 0 Å². The number of hydrogen-bond donors (Lipinski definition) is 3. The Morgan fingerprint density at radius 3 is 2.76 bits per heavy atom. The maximum Gasteiger partial charge on any atom is 0.0760 e. The van der Waals surface area contributed by atoms with E-state index >= 15 is 0 Å². The van der Waals surface area contributed by atoms with E-state index in [9.17, 15) is 5.11 Å². The quantitative estimate of drug-likeness (QED) is 0.785. The molecule has 1 heterocycles. The molecule has 4 heteroatoms. The van der Waals surface area contributed by atoms with Crippen molar-refractivity contribution in [1.29, 1.82) is 0 Å². The van der Waals surface area contributed by atoms with E-state index in [2.05, 4.69) is 11.1 Å². The smallest absolute Gasteiger partial charge is 0.0760 e. The summed E-state index contributed by atoms with van der Waals surface area (Å²) in [5, 5.41) is 11.1. The summed E-state index contributed by atoms with van der Waals surface area (Å²) in [4.78, 5) is 3.15. The largest absolute Gasteiger partial charge is 0.391 e. The first-order valence-corrected chi connectivity index (χ1v) is 5.76. The van der Waals surface area contributed by atoms with Crippen molar-refractivity contribution in [3.8, 4) is 0 Å². The number of halogens is 1. The molecule has 2 aromatic rings. The third-order valence-corrected chi connectivity index (χ3v) is 3.44. The fourth-order valence-electron chi connectivity index (χ4n) is 2.21. The van der Waals surface area contributed by atoms with E-state index in [0.717, 1.165) is 29.3 Å². The lowest BCUT2D eigenvalue weighted by Crippen LogP contribution is -2.27. The summed E-state index contributed by atoms with van der Waals surface area (Å²) >= 11 is 0. The van der Waals surface area contributed by atoms with Gasteiger partial charge in [-0.15, -0.1) is 12.4 Å². The number of fused-ring (bicyclic) bond motifs is 1. The number of aromatic nitrogens is 1. The molecule has 0 amide bonds. The van der Waals surface area contributed by atoms with Crippen molar-refractivity contribution in [3.63, 3.8) is 0 Å². The Balaban J connectivity index is 0.00000108. The molecule has 1 aliphatic rings. The number of hydrogen-bond acceptors (Lipinski definition) is 2. The summed E-state index contributed by atoms with van der Waals surface area (Å²) in [6.07, 6.45) is 3.75. The highest BCUT2D eigenvalue weighted by Gasteiger charge is 2.34. The summed E-state index contributed by atoms with van der Waals surface area (Å²) in [6, 6.07) is 7.84. The number of aliphatic hydroxyl groups is 1. The van der Waals surface area contributed by atoms with Gasteiger partial charge in [-0.2, -0.15) is 0 Å². The average molecular weight is 253 g/mol. The Labute approximate surface area is 106 Å². The van der Waals surface area contributed by atoms with Gasteiger partial charge >= 0.3 is 0 Å². The van der Waals surface area contributed by atoms with Crippen LogP contribution in [0.4, 0.5) is 0 Å². The minimum Gasteiger partial charge on any atom is -0.391 e. The maximum atomic E-state index is 10.0. The van der Waals surface area contributed by atoms with Gasteiger partial charge in [0.05, 0.1) is 12.1 Å². The monoisotopic (exact) mass is 252 g/mol. The number of rotatable bonds is 3. The first-order valence-electron chi connectivity index (χ1n) is 5.76. The average Bonchev–Trinajstić information content (AvgIpc) is 3.05. The van der Waals surface area contributed by atoms with Crippen LogP contribution in [0, 0.1) is 5.92 Å². The Morgan fingerprint density at radius 2 is 2.06 bits per heavy atom. The Kier molecular flexibility index (Phi) is 3.43. The van der Waals surface area contributed by atoms with E-state index < -0.39 is 6.10 Å². The predicted molar refractivity (Wildman–Crippen MR) is 71.2 cm³/mol. The lowest BCUT2D eigenvalue weighted by atomic mass is 9.98. The number of benzene rings is 1. The molecule has 1 aromatic heterocycles. The van der Waals surface area contributed by atoms with Crippen molar-refractivity contribution in [3.05, 3.63) is 36.0 Å². The van der Waals surface area contributed by atoms with Crippen LogP contribution in [0.25, 0.3) is 10.9 Å². The molecule has 92 valence electrons. The van der Waals surface area contributed by atoms with Gasteiger partial charge in [-0.3, -0.25) is 0 Å². The van der Waals surface area contributed by atoms with Crippen molar-refractivity contribution in [2.45, 2.75) is 25.0 Å². The molecule has 2 atom stereocenters. The van der Waals surface area contributed by atoms with Crippen molar-refractivity contribution >= 4 is 23.3 Å². The van der Waals surface area contributed by atoms with E-state index in [-0.39, 0.29) is 18.4 Å². The number of aliphatic hydroxyl groups excluding tert-OH is 1. The van der Waals surface area contributed by atoms with Crippen molar-refractivity contribution in [2.24, 2.45) is 11.7 Å². The van der Waals surface area contributed by atoms with E-state index in [4.69, 9.17) is 5.73 Å². The summed E-state index contributed by atoms with van der Waals surface area (Å²) in [7, 11) is 0.